The van der Waals surface area contributed by atoms with Gasteiger partial charge in [-0.1, -0.05) is 31.9 Å². The van der Waals surface area contributed by atoms with Gasteiger partial charge in [0.25, 0.3) is 5.69 Å². The number of hydrogen-bond donors (Lipinski definition) is 2. The Bertz CT molecular complexity index is 1080. The first-order valence-electron chi connectivity index (χ1n) is 11.5. The maximum Gasteiger partial charge on any atom is 0.319 e. The minimum Gasteiger partial charge on any atom is -0.488 e. The fourth-order valence-corrected chi connectivity index (χ4v) is 3.49. The number of amides is 2. The molecule has 1 unspecified atom stereocenters. The van der Waals surface area contributed by atoms with Crippen LogP contribution in [0.4, 0.5) is 16.2 Å². The Hall–Kier alpha value is -3.88. The molecule has 0 aliphatic rings. The van der Waals surface area contributed by atoms with Gasteiger partial charge in [-0.05, 0) is 37.6 Å². The molecule has 0 radical (unpaired) electrons. The Balaban J connectivity index is 1.56. The van der Waals surface area contributed by atoms with Crippen LogP contribution < -0.4 is 15.4 Å². The number of non-ortho nitro benzene ring substituents is 1. The number of aromatic nitrogens is 2. The maximum absolute atomic E-state index is 12.2. The Morgan fingerprint density at radius 1 is 1.18 bits per heavy atom. The van der Waals surface area contributed by atoms with E-state index in [1.807, 2.05) is 42.0 Å². The smallest absolute Gasteiger partial charge is 0.319 e. The lowest BCUT2D eigenvalue weighted by Gasteiger charge is -2.19. The summed E-state index contributed by atoms with van der Waals surface area (Å²) in [4.78, 5) is 27.1. The van der Waals surface area contributed by atoms with Gasteiger partial charge in [-0.3, -0.25) is 10.1 Å². The van der Waals surface area contributed by atoms with E-state index in [1.165, 1.54) is 12.1 Å². The average Bonchev–Trinajstić information content (AvgIpc) is 3.30. The van der Waals surface area contributed by atoms with E-state index in [0.717, 1.165) is 30.7 Å². The molecule has 9 heteroatoms. The number of nitro benzene ring substituents is 1. The number of unbranched alkanes of at least 4 members (excludes halogenated alkanes) is 2. The summed E-state index contributed by atoms with van der Waals surface area (Å²) in [6.07, 6.45) is 7.31. The van der Waals surface area contributed by atoms with Crippen LogP contribution in [0.15, 0.2) is 60.9 Å². The predicted molar refractivity (Wildman–Crippen MR) is 132 cm³/mol. The Morgan fingerprint density at radius 2 is 1.94 bits per heavy atom. The van der Waals surface area contributed by atoms with Gasteiger partial charge in [0.1, 0.15) is 11.6 Å². The molecule has 2 N–H and O–H groups in total. The molecule has 0 aliphatic heterocycles. The molecule has 0 spiro atoms. The first kappa shape index (κ1) is 24.8. The van der Waals surface area contributed by atoms with Crippen LogP contribution in [-0.4, -0.2) is 33.2 Å². The fourth-order valence-electron chi connectivity index (χ4n) is 3.49. The number of benzene rings is 2. The number of nitrogens with one attached hydrogen (secondary N) is 2. The predicted octanol–water partition coefficient (Wildman–Crippen LogP) is 5.63. The van der Waals surface area contributed by atoms with Crippen LogP contribution in [0.25, 0.3) is 11.4 Å². The zero-order chi connectivity index (χ0) is 24.3. The van der Waals surface area contributed by atoms with Crippen molar-refractivity contribution in [2.24, 2.45) is 0 Å². The van der Waals surface area contributed by atoms with Crippen molar-refractivity contribution < 1.29 is 14.5 Å². The first-order valence-corrected chi connectivity index (χ1v) is 11.5. The van der Waals surface area contributed by atoms with Gasteiger partial charge in [0.05, 0.1) is 16.7 Å². The number of aryl methyl sites for hydroxylation is 1. The van der Waals surface area contributed by atoms with Crippen molar-refractivity contribution in [2.45, 2.75) is 52.2 Å². The second-order valence-corrected chi connectivity index (χ2v) is 8.05. The quantitative estimate of drug-likeness (QED) is 0.205. The zero-order valence-electron chi connectivity index (χ0n) is 19.6. The van der Waals surface area contributed by atoms with Crippen molar-refractivity contribution in [1.82, 2.24) is 14.9 Å². The molecule has 180 valence electrons. The van der Waals surface area contributed by atoms with E-state index in [2.05, 4.69) is 22.5 Å². The van der Waals surface area contributed by atoms with Crippen molar-refractivity contribution in [3.05, 3.63) is 71.0 Å². The lowest BCUT2D eigenvalue weighted by Crippen LogP contribution is -2.29. The van der Waals surface area contributed by atoms with E-state index in [-0.39, 0.29) is 17.8 Å². The van der Waals surface area contributed by atoms with Crippen LogP contribution in [0.2, 0.25) is 0 Å². The highest BCUT2D eigenvalue weighted by Crippen LogP contribution is 2.26. The minimum absolute atomic E-state index is 0.0470. The molecular weight excluding hydrogens is 434 g/mol. The number of hydrogen-bond acceptors (Lipinski definition) is 5. The topological polar surface area (TPSA) is 111 Å². The molecule has 1 aromatic heterocycles. The Labute approximate surface area is 199 Å². The number of carbonyl (C=O) groups excluding carboxylic acids is 1. The van der Waals surface area contributed by atoms with E-state index in [0.29, 0.717) is 30.9 Å². The number of para-hydroxylation sites is 2. The lowest BCUT2D eigenvalue weighted by atomic mass is 10.2. The molecule has 9 nitrogen and oxygen atoms in total. The minimum atomic E-state index is -0.419. The van der Waals surface area contributed by atoms with Crippen LogP contribution >= 0.6 is 0 Å². The normalized spacial score (nSPS) is 11.6. The summed E-state index contributed by atoms with van der Waals surface area (Å²) in [5.74, 6) is 1.35. The highest BCUT2D eigenvalue weighted by atomic mass is 16.6. The van der Waals surface area contributed by atoms with Crippen molar-refractivity contribution in [3.63, 3.8) is 0 Å². The van der Waals surface area contributed by atoms with Gasteiger partial charge in [-0.25, -0.2) is 9.78 Å². The molecule has 0 aliphatic carbocycles. The standard InChI is InChI=1S/C25H31N5O4/c1-3-4-7-15-27-25(31)28-22-8-5-6-9-23(22)34-19(2)14-17-29-18-16-26-24(29)20-10-12-21(13-11-20)30(32)33/h5-6,8-13,16,18-19H,3-4,7,14-15,17H2,1-2H3,(H2,27,28,31). The molecule has 34 heavy (non-hydrogen) atoms. The third-order valence-electron chi connectivity index (χ3n) is 5.36. The highest BCUT2D eigenvalue weighted by molar-refractivity contribution is 5.90. The van der Waals surface area contributed by atoms with Crippen molar-refractivity contribution in [1.29, 1.82) is 0 Å². The molecule has 3 aromatic rings. The maximum atomic E-state index is 12.2. The second-order valence-electron chi connectivity index (χ2n) is 8.05. The third kappa shape index (κ3) is 7.06. The molecule has 2 aromatic carbocycles. The largest absolute Gasteiger partial charge is 0.488 e. The molecule has 1 heterocycles. The Morgan fingerprint density at radius 3 is 2.68 bits per heavy atom. The summed E-state index contributed by atoms with van der Waals surface area (Å²) in [5.41, 5.74) is 1.48. The number of ether oxygens (including phenoxy) is 1. The van der Waals surface area contributed by atoms with Crippen LogP contribution in [0.3, 0.4) is 0 Å². The number of urea groups is 1. The van der Waals surface area contributed by atoms with Gasteiger partial charge in [0.15, 0.2) is 0 Å². The van der Waals surface area contributed by atoms with Crippen LogP contribution in [-0.2, 0) is 6.54 Å². The Kier molecular flexibility index (Phi) is 9.02. The molecule has 0 fully saturated rings. The van der Waals surface area contributed by atoms with E-state index >= 15 is 0 Å². The number of rotatable bonds is 12. The second kappa shape index (κ2) is 12.4. The lowest BCUT2D eigenvalue weighted by molar-refractivity contribution is -0.384. The third-order valence-corrected chi connectivity index (χ3v) is 5.36. The van der Waals surface area contributed by atoms with E-state index in [4.69, 9.17) is 4.74 Å². The fraction of sp³-hybridized carbons (Fsp3) is 0.360. The molecule has 2 amide bonds. The van der Waals surface area contributed by atoms with E-state index < -0.39 is 4.92 Å². The van der Waals surface area contributed by atoms with Gasteiger partial charge in [0, 0.05) is 49.6 Å². The number of imidazole rings is 1. The average molecular weight is 466 g/mol. The van der Waals surface area contributed by atoms with Crippen LogP contribution in [0.1, 0.15) is 39.5 Å². The van der Waals surface area contributed by atoms with Gasteiger partial charge in [-0.2, -0.15) is 0 Å². The summed E-state index contributed by atoms with van der Waals surface area (Å²) in [5, 5.41) is 16.6. The van der Waals surface area contributed by atoms with Gasteiger partial charge < -0.3 is 19.9 Å². The van der Waals surface area contributed by atoms with E-state index in [1.54, 1.807) is 18.3 Å². The van der Waals surface area contributed by atoms with Crippen molar-refractivity contribution >= 4 is 17.4 Å². The van der Waals surface area contributed by atoms with Crippen molar-refractivity contribution in [3.8, 4) is 17.1 Å². The first-order chi connectivity index (χ1) is 16.5. The monoisotopic (exact) mass is 465 g/mol. The molecule has 0 bridgehead atoms. The van der Waals surface area contributed by atoms with E-state index in [9.17, 15) is 14.9 Å². The summed E-state index contributed by atoms with van der Waals surface area (Å²) in [6, 6.07) is 13.5. The SMILES string of the molecule is CCCCCNC(=O)Nc1ccccc1OC(C)CCn1ccnc1-c1ccc([N+](=O)[O-])cc1. The summed E-state index contributed by atoms with van der Waals surface area (Å²) < 4.78 is 8.12. The summed E-state index contributed by atoms with van der Waals surface area (Å²) >= 11 is 0. The molecule has 1 atom stereocenters. The molecular formula is C25H31N5O4. The zero-order valence-corrected chi connectivity index (χ0v) is 19.6. The van der Waals surface area contributed by atoms with Gasteiger partial charge >= 0.3 is 6.03 Å². The summed E-state index contributed by atoms with van der Waals surface area (Å²) in [6.45, 7) is 5.39. The van der Waals surface area contributed by atoms with Crippen LogP contribution in [0.5, 0.6) is 5.75 Å². The van der Waals surface area contributed by atoms with Crippen molar-refractivity contribution in [2.75, 3.05) is 11.9 Å². The molecule has 3 rings (SSSR count). The molecule has 0 saturated carbocycles. The van der Waals surface area contributed by atoms with Crippen LogP contribution in [0, 0.1) is 10.1 Å². The summed E-state index contributed by atoms with van der Waals surface area (Å²) in [7, 11) is 0. The molecule has 0 saturated heterocycles. The number of nitro groups is 1. The van der Waals surface area contributed by atoms with Gasteiger partial charge in [0.2, 0.25) is 0 Å². The van der Waals surface area contributed by atoms with Gasteiger partial charge in [-0.15, -0.1) is 0 Å². The number of nitrogens with zero attached hydrogens (tertiary/aromatic N) is 3. The highest BCUT2D eigenvalue weighted by Gasteiger charge is 2.13. The number of anilines is 1. The number of carbonyl (C=O) groups is 1.